The van der Waals surface area contributed by atoms with Crippen molar-refractivity contribution in [3.63, 3.8) is 0 Å². The van der Waals surface area contributed by atoms with E-state index in [1.165, 1.54) is 31.2 Å². The monoisotopic (exact) mass is 297 g/mol. The van der Waals surface area contributed by atoms with Gasteiger partial charge in [0.05, 0.1) is 5.69 Å². The second-order valence-electron chi connectivity index (χ2n) is 4.84. The van der Waals surface area contributed by atoms with E-state index in [9.17, 15) is 23.4 Å². The molecule has 3 nitrogen and oxygen atoms in total. The molecule has 0 aromatic heterocycles. The Kier molecular flexibility index (Phi) is 3.72. The van der Waals surface area contributed by atoms with Crippen molar-refractivity contribution >= 4 is 5.69 Å². The van der Waals surface area contributed by atoms with Gasteiger partial charge in [0.25, 0.3) is 0 Å². The van der Waals surface area contributed by atoms with E-state index in [4.69, 9.17) is 5.73 Å². The summed E-state index contributed by atoms with van der Waals surface area (Å²) in [6.45, 7) is 1.53. The zero-order valence-electron chi connectivity index (χ0n) is 11.1. The highest BCUT2D eigenvalue weighted by Crippen LogP contribution is 2.42. The van der Waals surface area contributed by atoms with Crippen LogP contribution < -0.4 is 5.73 Å². The van der Waals surface area contributed by atoms with Crippen LogP contribution in [0.2, 0.25) is 0 Å². The number of halogens is 3. The molecule has 2 aromatic rings. The third kappa shape index (κ3) is 3.04. The van der Waals surface area contributed by atoms with Crippen molar-refractivity contribution < 1.29 is 23.4 Å². The molecule has 0 saturated carbocycles. The number of nitrogen functional groups attached to an aromatic ring is 1. The van der Waals surface area contributed by atoms with Gasteiger partial charge in [0.1, 0.15) is 17.4 Å². The maximum atomic E-state index is 13.4. The van der Waals surface area contributed by atoms with Gasteiger partial charge in [0, 0.05) is 0 Å². The van der Waals surface area contributed by atoms with Gasteiger partial charge >= 0.3 is 6.18 Å². The van der Waals surface area contributed by atoms with Gasteiger partial charge in [-0.2, -0.15) is 13.2 Å². The number of hydrogen-bond acceptors (Lipinski definition) is 3. The number of nitrogens with two attached hydrogens (primary N) is 1. The van der Waals surface area contributed by atoms with Crippen molar-refractivity contribution in [3.05, 3.63) is 53.1 Å². The molecular formula is C15H14F3NO2. The summed E-state index contributed by atoms with van der Waals surface area (Å²) in [6.07, 6.45) is -4.52. The Morgan fingerprint density at radius 1 is 0.952 bits per heavy atom. The molecule has 0 aliphatic carbocycles. The summed E-state index contributed by atoms with van der Waals surface area (Å²) >= 11 is 0. The van der Waals surface area contributed by atoms with E-state index in [0.29, 0.717) is 5.56 Å². The highest BCUT2D eigenvalue weighted by Gasteiger charge is 2.42. The number of benzene rings is 2. The summed E-state index contributed by atoms with van der Waals surface area (Å²) in [5, 5.41) is 18.8. The first kappa shape index (κ1) is 15.0. The molecule has 0 bridgehead atoms. The van der Waals surface area contributed by atoms with Gasteiger partial charge in [-0.15, -0.1) is 0 Å². The molecule has 1 unspecified atom stereocenters. The summed E-state index contributed by atoms with van der Waals surface area (Å²) in [7, 11) is 0. The number of aryl methyl sites for hydroxylation is 1. The third-order valence-corrected chi connectivity index (χ3v) is 3.27. The smallest absolute Gasteiger partial charge is 0.399 e. The highest BCUT2D eigenvalue weighted by molar-refractivity contribution is 5.55. The average molecular weight is 297 g/mol. The molecule has 0 radical (unpaired) electrons. The van der Waals surface area contributed by atoms with Crippen LogP contribution in [0.25, 0.3) is 0 Å². The van der Waals surface area contributed by atoms with Gasteiger partial charge in [0.15, 0.2) is 0 Å². The third-order valence-electron chi connectivity index (χ3n) is 3.27. The molecular weight excluding hydrogens is 283 g/mol. The van der Waals surface area contributed by atoms with Crippen LogP contribution in [0.4, 0.5) is 18.9 Å². The molecule has 112 valence electrons. The largest absolute Gasteiger partial charge is 0.508 e. The first-order valence-corrected chi connectivity index (χ1v) is 6.14. The quantitative estimate of drug-likeness (QED) is 0.585. The van der Waals surface area contributed by atoms with Gasteiger partial charge < -0.3 is 15.9 Å². The van der Waals surface area contributed by atoms with Crippen molar-refractivity contribution in [3.8, 4) is 11.5 Å². The Morgan fingerprint density at radius 3 is 1.95 bits per heavy atom. The molecule has 0 spiro atoms. The molecule has 0 amide bonds. The summed E-state index contributed by atoms with van der Waals surface area (Å²) in [4.78, 5) is 0. The molecule has 4 N–H and O–H groups in total. The standard InChI is InChI=1S/C15H14F3NO2/c1-8-6-9(2-4-12(8)20)14(15(16,17)18)10-3-5-13(21)11(19)7-10/h2-7,14,20-21H,19H2,1H3. The lowest BCUT2D eigenvalue weighted by atomic mass is 9.89. The molecule has 21 heavy (non-hydrogen) atoms. The molecule has 0 saturated heterocycles. The van der Waals surface area contributed by atoms with Crippen LogP contribution >= 0.6 is 0 Å². The van der Waals surface area contributed by atoms with Crippen molar-refractivity contribution in [1.82, 2.24) is 0 Å². The molecule has 0 aliphatic rings. The molecule has 0 fully saturated rings. The Balaban J connectivity index is 2.58. The minimum Gasteiger partial charge on any atom is -0.508 e. The maximum Gasteiger partial charge on any atom is 0.399 e. The Hall–Kier alpha value is -2.37. The first-order chi connectivity index (χ1) is 9.70. The number of aromatic hydroxyl groups is 2. The van der Waals surface area contributed by atoms with Crippen LogP contribution in [0, 0.1) is 6.92 Å². The zero-order chi connectivity index (χ0) is 15.8. The molecule has 2 aromatic carbocycles. The first-order valence-electron chi connectivity index (χ1n) is 6.14. The van der Waals surface area contributed by atoms with Gasteiger partial charge in [-0.1, -0.05) is 18.2 Å². The van der Waals surface area contributed by atoms with Gasteiger partial charge in [-0.3, -0.25) is 0 Å². The van der Waals surface area contributed by atoms with E-state index in [2.05, 4.69) is 0 Å². The van der Waals surface area contributed by atoms with E-state index in [-0.39, 0.29) is 28.3 Å². The van der Waals surface area contributed by atoms with E-state index in [0.717, 1.165) is 12.1 Å². The van der Waals surface area contributed by atoms with E-state index in [1.54, 1.807) is 0 Å². The van der Waals surface area contributed by atoms with Crippen molar-refractivity contribution in [2.75, 3.05) is 5.73 Å². The predicted molar refractivity (Wildman–Crippen MR) is 73.3 cm³/mol. The Labute approximate surface area is 119 Å². The summed E-state index contributed by atoms with van der Waals surface area (Å²) in [6, 6.07) is 7.17. The summed E-state index contributed by atoms with van der Waals surface area (Å²) < 4.78 is 40.2. The molecule has 2 rings (SSSR count). The lowest BCUT2D eigenvalue weighted by molar-refractivity contribution is -0.141. The summed E-state index contributed by atoms with van der Waals surface area (Å²) in [5.74, 6) is -2.20. The van der Waals surface area contributed by atoms with Crippen LogP contribution in [0.15, 0.2) is 36.4 Å². The number of alkyl halides is 3. The molecule has 1 atom stereocenters. The van der Waals surface area contributed by atoms with E-state index >= 15 is 0 Å². The zero-order valence-corrected chi connectivity index (χ0v) is 11.1. The molecule has 0 heterocycles. The maximum absolute atomic E-state index is 13.4. The molecule has 0 aliphatic heterocycles. The average Bonchev–Trinajstić information content (AvgIpc) is 2.37. The van der Waals surface area contributed by atoms with Crippen LogP contribution in [0.1, 0.15) is 22.6 Å². The number of hydrogen-bond donors (Lipinski definition) is 3. The second kappa shape index (κ2) is 5.20. The fourth-order valence-corrected chi connectivity index (χ4v) is 2.18. The van der Waals surface area contributed by atoms with Crippen LogP contribution in [-0.2, 0) is 0 Å². The van der Waals surface area contributed by atoms with Crippen molar-refractivity contribution in [1.29, 1.82) is 0 Å². The fraction of sp³-hybridized carbons (Fsp3) is 0.200. The lowest BCUT2D eigenvalue weighted by Crippen LogP contribution is -2.22. The second-order valence-corrected chi connectivity index (χ2v) is 4.84. The van der Waals surface area contributed by atoms with Crippen molar-refractivity contribution in [2.24, 2.45) is 0 Å². The SMILES string of the molecule is Cc1cc(C(c2ccc(O)c(N)c2)C(F)(F)F)ccc1O. The predicted octanol–water partition coefficient (Wildman–Crippen LogP) is 3.68. The van der Waals surface area contributed by atoms with E-state index in [1.807, 2.05) is 0 Å². The lowest BCUT2D eigenvalue weighted by Gasteiger charge is -2.22. The minimum atomic E-state index is -4.52. The van der Waals surface area contributed by atoms with Gasteiger partial charge in [-0.25, -0.2) is 0 Å². The normalized spacial score (nSPS) is 13.1. The minimum absolute atomic E-state index is 0.00268. The topological polar surface area (TPSA) is 66.5 Å². The highest BCUT2D eigenvalue weighted by atomic mass is 19.4. The van der Waals surface area contributed by atoms with Gasteiger partial charge in [0.2, 0.25) is 0 Å². The van der Waals surface area contributed by atoms with Crippen LogP contribution in [-0.4, -0.2) is 16.4 Å². The van der Waals surface area contributed by atoms with Crippen molar-refractivity contribution in [2.45, 2.75) is 19.0 Å². The number of phenols is 2. The Morgan fingerprint density at radius 2 is 1.48 bits per heavy atom. The van der Waals surface area contributed by atoms with Crippen LogP contribution in [0.5, 0.6) is 11.5 Å². The molecule has 6 heteroatoms. The Bertz CT molecular complexity index is 617. The summed E-state index contributed by atoms with van der Waals surface area (Å²) in [5.41, 5.74) is 5.65. The number of anilines is 1. The number of phenolic OH excluding ortho intramolecular Hbond substituents is 2. The van der Waals surface area contributed by atoms with Crippen LogP contribution in [0.3, 0.4) is 0 Å². The van der Waals surface area contributed by atoms with E-state index < -0.39 is 12.1 Å². The number of rotatable bonds is 2. The fourth-order valence-electron chi connectivity index (χ4n) is 2.18. The van der Waals surface area contributed by atoms with Gasteiger partial charge in [-0.05, 0) is 41.8 Å².